The molecule has 0 aliphatic carbocycles. The summed E-state index contributed by atoms with van der Waals surface area (Å²) in [6, 6.07) is 16.3. The molecule has 0 radical (unpaired) electrons. The first-order chi connectivity index (χ1) is 14.1. The average Bonchev–Trinajstić information content (AvgIpc) is 3.16. The van der Waals surface area contributed by atoms with Gasteiger partial charge < -0.3 is 4.57 Å². The second-order valence-corrected chi connectivity index (χ2v) is 7.54. The highest BCUT2D eigenvalue weighted by molar-refractivity contribution is 7.99. The summed E-state index contributed by atoms with van der Waals surface area (Å²) < 4.78 is 2.02. The molecule has 0 saturated carbocycles. The van der Waals surface area contributed by atoms with Crippen LogP contribution in [0.1, 0.15) is 30.5 Å². The molecule has 0 fully saturated rings. The third-order valence-electron chi connectivity index (χ3n) is 4.47. The van der Waals surface area contributed by atoms with E-state index in [1.54, 1.807) is 6.21 Å². The Balaban J connectivity index is 1.57. The van der Waals surface area contributed by atoms with Crippen molar-refractivity contribution in [3.63, 3.8) is 0 Å². The third kappa shape index (κ3) is 5.54. The molecule has 0 aliphatic heterocycles. The van der Waals surface area contributed by atoms with Crippen LogP contribution < -0.4 is 5.43 Å². The molecule has 0 spiro atoms. The van der Waals surface area contributed by atoms with Crippen molar-refractivity contribution < 1.29 is 4.79 Å². The molecule has 3 rings (SSSR count). The molecule has 150 valence electrons. The minimum absolute atomic E-state index is 0.182. The first-order valence-electron chi connectivity index (χ1n) is 9.64. The van der Waals surface area contributed by atoms with E-state index in [0.717, 1.165) is 35.1 Å². The number of aromatic nitrogens is 3. The van der Waals surface area contributed by atoms with Gasteiger partial charge in [0.15, 0.2) is 11.0 Å². The van der Waals surface area contributed by atoms with Gasteiger partial charge in [0.25, 0.3) is 5.91 Å². The van der Waals surface area contributed by atoms with Crippen molar-refractivity contribution in [2.24, 2.45) is 5.10 Å². The average molecular weight is 408 g/mol. The molecule has 1 aromatic heterocycles. The number of aryl methyl sites for hydroxylation is 2. The number of hydrazone groups is 1. The van der Waals surface area contributed by atoms with Crippen LogP contribution in [0.4, 0.5) is 0 Å². The second kappa shape index (κ2) is 10.0. The molecular weight excluding hydrogens is 382 g/mol. The molecule has 0 bridgehead atoms. The number of thioether (sulfide) groups is 1. The predicted octanol–water partition coefficient (Wildman–Crippen LogP) is 4.08. The Hall–Kier alpha value is -2.93. The Kier molecular flexibility index (Phi) is 7.19. The van der Waals surface area contributed by atoms with Crippen LogP contribution >= 0.6 is 11.8 Å². The molecular formula is C22H25N5OS. The van der Waals surface area contributed by atoms with E-state index in [1.807, 2.05) is 35.8 Å². The highest BCUT2D eigenvalue weighted by Crippen LogP contribution is 2.24. The van der Waals surface area contributed by atoms with Crippen molar-refractivity contribution in [3.05, 3.63) is 65.2 Å². The smallest absolute Gasteiger partial charge is 0.250 e. The van der Waals surface area contributed by atoms with Gasteiger partial charge >= 0.3 is 0 Å². The summed E-state index contributed by atoms with van der Waals surface area (Å²) >= 11 is 1.35. The van der Waals surface area contributed by atoms with Crippen LogP contribution in [0.25, 0.3) is 11.4 Å². The first kappa shape index (κ1) is 20.8. The standard InChI is InChI=1S/C22H25N5OS/c1-4-17-8-10-18(11-9-17)14-23-24-20(28)15-29-22-26-25-21(27(22)5-2)19-12-6-16(3)7-13-19/h6-14H,4-5,15H2,1-3H3,(H,24,28)/b23-14-. The summed E-state index contributed by atoms with van der Waals surface area (Å²) in [7, 11) is 0. The van der Waals surface area contributed by atoms with Gasteiger partial charge in [0.1, 0.15) is 0 Å². The summed E-state index contributed by atoms with van der Waals surface area (Å²) in [5.74, 6) is 0.848. The van der Waals surface area contributed by atoms with E-state index in [0.29, 0.717) is 0 Å². The van der Waals surface area contributed by atoms with Gasteiger partial charge in [-0.3, -0.25) is 4.79 Å². The summed E-state index contributed by atoms with van der Waals surface area (Å²) in [6.45, 7) is 6.94. The van der Waals surface area contributed by atoms with Crippen molar-refractivity contribution in [2.75, 3.05) is 5.75 Å². The minimum Gasteiger partial charge on any atom is -0.302 e. The van der Waals surface area contributed by atoms with Crippen molar-refractivity contribution >= 4 is 23.9 Å². The Morgan fingerprint density at radius 3 is 2.48 bits per heavy atom. The zero-order valence-electron chi connectivity index (χ0n) is 16.9. The SMILES string of the molecule is CCc1ccc(/C=N\NC(=O)CSc2nnc(-c3ccc(C)cc3)n2CC)cc1. The number of nitrogens with zero attached hydrogens (tertiary/aromatic N) is 4. The molecule has 0 aliphatic rings. The highest BCUT2D eigenvalue weighted by Gasteiger charge is 2.14. The fourth-order valence-corrected chi connectivity index (χ4v) is 3.57. The number of carbonyl (C=O) groups is 1. The summed E-state index contributed by atoms with van der Waals surface area (Å²) in [5, 5.41) is 13.3. The molecule has 0 saturated heterocycles. The second-order valence-electron chi connectivity index (χ2n) is 6.59. The van der Waals surface area contributed by atoms with Crippen molar-refractivity contribution in [1.29, 1.82) is 0 Å². The van der Waals surface area contributed by atoms with Gasteiger partial charge in [0, 0.05) is 12.1 Å². The molecule has 2 aromatic carbocycles. The van der Waals surface area contributed by atoms with Crippen LogP contribution in [0.2, 0.25) is 0 Å². The lowest BCUT2D eigenvalue weighted by Crippen LogP contribution is -2.20. The number of hydrogen-bond donors (Lipinski definition) is 1. The van der Waals surface area contributed by atoms with Gasteiger partial charge in [-0.05, 0) is 31.4 Å². The number of nitrogens with one attached hydrogen (secondary N) is 1. The lowest BCUT2D eigenvalue weighted by Gasteiger charge is -2.07. The van der Waals surface area contributed by atoms with Gasteiger partial charge in [-0.2, -0.15) is 5.10 Å². The van der Waals surface area contributed by atoms with Gasteiger partial charge in [0.2, 0.25) is 0 Å². The molecule has 1 heterocycles. The third-order valence-corrected chi connectivity index (χ3v) is 5.43. The first-order valence-corrected chi connectivity index (χ1v) is 10.6. The lowest BCUT2D eigenvalue weighted by atomic mass is 10.1. The maximum Gasteiger partial charge on any atom is 0.250 e. The van der Waals surface area contributed by atoms with E-state index < -0.39 is 0 Å². The Morgan fingerprint density at radius 2 is 1.83 bits per heavy atom. The molecule has 1 N–H and O–H groups in total. The topological polar surface area (TPSA) is 72.2 Å². The van der Waals surface area contributed by atoms with E-state index in [1.165, 1.54) is 22.9 Å². The molecule has 6 nitrogen and oxygen atoms in total. The van der Waals surface area contributed by atoms with Crippen molar-refractivity contribution in [2.45, 2.75) is 38.9 Å². The van der Waals surface area contributed by atoms with Gasteiger partial charge in [-0.25, -0.2) is 5.43 Å². The maximum absolute atomic E-state index is 12.1. The highest BCUT2D eigenvalue weighted by atomic mass is 32.2. The van der Waals surface area contributed by atoms with Gasteiger partial charge in [-0.15, -0.1) is 10.2 Å². The Bertz CT molecular complexity index is 977. The fourth-order valence-electron chi connectivity index (χ4n) is 2.78. The lowest BCUT2D eigenvalue weighted by molar-refractivity contribution is -0.118. The number of benzene rings is 2. The molecule has 0 atom stereocenters. The molecule has 0 unspecified atom stereocenters. The summed E-state index contributed by atoms with van der Waals surface area (Å²) in [6.07, 6.45) is 2.64. The van der Waals surface area contributed by atoms with Crippen molar-refractivity contribution in [3.8, 4) is 11.4 Å². The van der Waals surface area contributed by atoms with Crippen LogP contribution in [0.3, 0.4) is 0 Å². The van der Waals surface area contributed by atoms with Crippen LogP contribution in [-0.2, 0) is 17.8 Å². The summed E-state index contributed by atoms with van der Waals surface area (Å²) in [5.41, 5.74) is 7.00. The van der Waals surface area contributed by atoms with E-state index >= 15 is 0 Å². The van der Waals surface area contributed by atoms with E-state index in [-0.39, 0.29) is 11.7 Å². The van der Waals surface area contributed by atoms with E-state index in [4.69, 9.17) is 0 Å². The van der Waals surface area contributed by atoms with Crippen LogP contribution in [0, 0.1) is 6.92 Å². The zero-order valence-corrected chi connectivity index (χ0v) is 17.7. The fraction of sp³-hybridized carbons (Fsp3) is 0.273. The molecule has 29 heavy (non-hydrogen) atoms. The minimum atomic E-state index is -0.182. The van der Waals surface area contributed by atoms with Crippen molar-refractivity contribution in [1.82, 2.24) is 20.2 Å². The number of rotatable bonds is 8. The monoisotopic (exact) mass is 407 g/mol. The Labute approximate surface area is 175 Å². The Morgan fingerprint density at radius 1 is 1.10 bits per heavy atom. The molecule has 7 heteroatoms. The summed E-state index contributed by atoms with van der Waals surface area (Å²) in [4.78, 5) is 12.1. The van der Waals surface area contributed by atoms with E-state index in [9.17, 15) is 4.79 Å². The quantitative estimate of drug-likeness (QED) is 0.347. The predicted molar refractivity (Wildman–Crippen MR) is 118 cm³/mol. The van der Waals surface area contributed by atoms with Crippen LogP contribution in [0.15, 0.2) is 58.8 Å². The van der Waals surface area contributed by atoms with Crippen LogP contribution in [0.5, 0.6) is 0 Å². The van der Waals surface area contributed by atoms with Gasteiger partial charge in [0.05, 0.1) is 12.0 Å². The number of hydrogen-bond acceptors (Lipinski definition) is 5. The molecule has 1 amide bonds. The number of carbonyl (C=O) groups excluding carboxylic acids is 1. The van der Waals surface area contributed by atoms with Crippen LogP contribution in [-0.4, -0.2) is 32.6 Å². The maximum atomic E-state index is 12.1. The largest absolute Gasteiger partial charge is 0.302 e. The van der Waals surface area contributed by atoms with Gasteiger partial charge in [-0.1, -0.05) is 72.8 Å². The van der Waals surface area contributed by atoms with E-state index in [2.05, 4.69) is 58.8 Å². The zero-order chi connectivity index (χ0) is 20.6. The normalized spacial score (nSPS) is 11.1. The molecule has 3 aromatic rings. The number of amides is 1.